The maximum absolute atomic E-state index is 2.45. The third-order valence-corrected chi connectivity index (χ3v) is 14.0. The Morgan fingerprint density at radius 1 is 0.328 bits per heavy atom. The van der Waals surface area contributed by atoms with E-state index < -0.39 is 0 Å². The second-order valence-corrected chi connectivity index (χ2v) is 17.0. The molecule has 0 aliphatic rings. The molecule has 0 amide bonds. The summed E-state index contributed by atoms with van der Waals surface area (Å²) in [4.78, 5) is 2.40. The van der Waals surface area contributed by atoms with Crippen LogP contribution in [0.3, 0.4) is 0 Å². The molecule has 0 aliphatic heterocycles. The lowest BCUT2D eigenvalue weighted by molar-refractivity contribution is 1.18. The van der Waals surface area contributed by atoms with Crippen molar-refractivity contribution in [1.29, 1.82) is 0 Å². The molecule has 272 valence electrons. The van der Waals surface area contributed by atoms with E-state index in [1.165, 1.54) is 84.4 Å². The number of rotatable bonds is 6. The van der Waals surface area contributed by atoms with Crippen LogP contribution in [-0.4, -0.2) is 4.57 Å². The number of para-hydroxylation sites is 1. The van der Waals surface area contributed by atoms with Crippen molar-refractivity contribution in [2.45, 2.75) is 0 Å². The molecule has 3 aromatic heterocycles. The highest BCUT2D eigenvalue weighted by atomic mass is 32.1. The van der Waals surface area contributed by atoms with Crippen LogP contribution in [0.2, 0.25) is 0 Å². The highest BCUT2D eigenvalue weighted by Gasteiger charge is 2.19. The minimum atomic E-state index is 1.10. The largest absolute Gasteiger partial charge is 0.310 e. The number of benzene rings is 9. The molecule has 12 aromatic rings. The highest BCUT2D eigenvalue weighted by Crippen LogP contribution is 2.44. The van der Waals surface area contributed by atoms with Crippen molar-refractivity contribution in [2.75, 3.05) is 4.90 Å². The Balaban J connectivity index is 1.03. The predicted octanol–water partition coefficient (Wildman–Crippen LogP) is 16.3. The first-order valence-electron chi connectivity index (χ1n) is 19.7. The number of thiophene rings is 2. The van der Waals surface area contributed by atoms with Crippen LogP contribution in [0.5, 0.6) is 0 Å². The Morgan fingerprint density at radius 3 is 1.67 bits per heavy atom. The lowest BCUT2D eigenvalue weighted by Crippen LogP contribution is -2.10. The first-order valence-corrected chi connectivity index (χ1v) is 21.3. The molecule has 2 nitrogen and oxygen atoms in total. The Bertz CT molecular complexity index is 3500. The third-order valence-electron chi connectivity index (χ3n) is 11.6. The van der Waals surface area contributed by atoms with Gasteiger partial charge < -0.3 is 9.47 Å². The summed E-state index contributed by atoms with van der Waals surface area (Å²) in [6, 6.07) is 75.7. The summed E-state index contributed by atoms with van der Waals surface area (Å²) in [5.74, 6) is 0. The number of nitrogens with zero attached hydrogens (tertiary/aromatic N) is 2. The summed E-state index contributed by atoms with van der Waals surface area (Å²) in [5.41, 5.74) is 11.7. The van der Waals surface area contributed by atoms with Crippen molar-refractivity contribution in [3.05, 3.63) is 206 Å². The molecular weight excluding hydrogens is 741 g/mol. The van der Waals surface area contributed by atoms with E-state index >= 15 is 0 Å². The molecule has 3 heterocycles. The number of aromatic nitrogens is 1. The average molecular weight is 775 g/mol. The fourth-order valence-electron chi connectivity index (χ4n) is 8.87. The maximum Gasteiger partial charge on any atom is 0.0561 e. The summed E-state index contributed by atoms with van der Waals surface area (Å²) >= 11 is 3.74. The second-order valence-electron chi connectivity index (χ2n) is 14.9. The summed E-state index contributed by atoms with van der Waals surface area (Å²) in [5, 5.41) is 7.73. The van der Waals surface area contributed by atoms with E-state index in [4.69, 9.17) is 0 Å². The molecule has 0 unspecified atom stereocenters. The van der Waals surface area contributed by atoms with E-state index in [0.29, 0.717) is 0 Å². The lowest BCUT2D eigenvalue weighted by Gasteiger charge is -2.26. The summed E-state index contributed by atoms with van der Waals surface area (Å²) < 4.78 is 7.73. The van der Waals surface area contributed by atoms with Gasteiger partial charge >= 0.3 is 0 Å². The SMILES string of the molecule is c1ccc(-c2ccc(N(c3ccc(-c4cccc5c4sc4ccccc45)cc3)c3ccc4c5ccccc5n(-c5ccc6sc7ccccc7c6c5)c4c3)cc2)cc1. The Kier molecular flexibility index (Phi) is 7.62. The first kappa shape index (κ1) is 33.2. The van der Waals surface area contributed by atoms with Gasteiger partial charge in [-0.05, 0) is 95.1 Å². The summed E-state index contributed by atoms with van der Waals surface area (Å²) in [6.45, 7) is 0. The monoisotopic (exact) mass is 774 g/mol. The summed E-state index contributed by atoms with van der Waals surface area (Å²) in [7, 11) is 0. The van der Waals surface area contributed by atoms with Crippen LogP contribution in [0.15, 0.2) is 206 Å². The molecule has 0 fully saturated rings. The molecule has 0 spiro atoms. The smallest absolute Gasteiger partial charge is 0.0561 e. The molecule has 0 bridgehead atoms. The van der Waals surface area contributed by atoms with Crippen LogP contribution in [0, 0.1) is 0 Å². The van der Waals surface area contributed by atoms with Crippen molar-refractivity contribution in [3.8, 4) is 27.9 Å². The molecule has 0 N–H and O–H groups in total. The predicted molar refractivity (Wildman–Crippen MR) is 252 cm³/mol. The first-order chi connectivity index (χ1) is 28.7. The number of fused-ring (bicyclic) bond motifs is 9. The number of hydrogen-bond acceptors (Lipinski definition) is 3. The maximum atomic E-state index is 2.45. The molecule has 12 rings (SSSR count). The van der Waals surface area contributed by atoms with Gasteiger partial charge in [0.15, 0.2) is 0 Å². The van der Waals surface area contributed by atoms with Gasteiger partial charge in [0, 0.05) is 73.9 Å². The zero-order valence-electron chi connectivity index (χ0n) is 31.3. The molecular formula is C54H34N2S2. The van der Waals surface area contributed by atoms with Crippen molar-refractivity contribution in [2.24, 2.45) is 0 Å². The normalized spacial score (nSPS) is 11.8. The van der Waals surface area contributed by atoms with Crippen molar-refractivity contribution in [3.63, 3.8) is 0 Å². The summed E-state index contributed by atoms with van der Waals surface area (Å²) in [6.07, 6.45) is 0. The van der Waals surface area contributed by atoms with Crippen LogP contribution < -0.4 is 4.90 Å². The van der Waals surface area contributed by atoms with Crippen LogP contribution >= 0.6 is 22.7 Å². The van der Waals surface area contributed by atoms with Gasteiger partial charge in [0.1, 0.15) is 0 Å². The quantitative estimate of drug-likeness (QED) is 0.163. The van der Waals surface area contributed by atoms with E-state index in [-0.39, 0.29) is 0 Å². The Labute approximate surface area is 343 Å². The third kappa shape index (κ3) is 5.30. The van der Waals surface area contributed by atoms with Gasteiger partial charge in [0.2, 0.25) is 0 Å². The molecule has 58 heavy (non-hydrogen) atoms. The van der Waals surface area contributed by atoms with E-state index in [9.17, 15) is 0 Å². The van der Waals surface area contributed by atoms with Gasteiger partial charge in [-0.3, -0.25) is 0 Å². The van der Waals surface area contributed by atoms with Crippen LogP contribution in [0.25, 0.3) is 90.1 Å². The van der Waals surface area contributed by atoms with Gasteiger partial charge in [-0.25, -0.2) is 0 Å². The second kappa shape index (κ2) is 13.3. The van der Waals surface area contributed by atoms with E-state index in [1.807, 2.05) is 22.7 Å². The van der Waals surface area contributed by atoms with Crippen LogP contribution in [0.4, 0.5) is 17.1 Å². The topological polar surface area (TPSA) is 8.17 Å². The van der Waals surface area contributed by atoms with Gasteiger partial charge in [-0.1, -0.05) is 133 Å². The molecule has 4 heteroatoms. The minimum absolute atomic E-state index is 1.10. The van der Waals surface area contributed by atoms with Gasteiger partial charge in [-0.2, -0.15) is 0 Å². The van der Waals surface area contributed by atoms with Gasteiger partial charge in [0.25, 0.3) is 0 Å². The number of anilines is 3. The molecule has 0 radical (unpaired) electrons. The fourth-order valence-corrected chi connectivity index (χ4v) is 11.2. The highest BCUT2D eigenvalue weighted by molar-refractivity contribution is 7.26. The standard InChI is InChI=1S/C54H34N2S2/c1-2-11-35(12-3-1)36-21-25-38(26-22-36)55(39-27-23-37(24-28-39)42-16-10-17-47-45-14-5-9-20-52(45)58-54(42)47)41-29-31-44-43-13-4-7-18-49(43)56(50(44)34-41)40-30-32-53-48(33-40)46-15-6-8-19-51(46)57-53/h1-34H. The van der Waals surface area contributed by atoms with E-state index in [0.717, 1.165) is 22.7 Å². The van der Waals surface area contributed by atoms with Crippen LogP contribution in [0.1, 0.15) is 0 Å². The molecule has 0 saturated heterocycles. The van der Waals surface area contributed by atoms with Crippen LogP contribution in [-0.2, 0) is 0 Å². The Hall–Kier alpha value is -6.98. The van der Waals surface area contributed by atoms with Gasteiger partial charge in [0.05, 0.1) is 11.0 Å². The number of hydrogen-bond donors (Lipinski definition) is 0. The zero-order valence-corrected chi connectivity index (χ0v) is 33.0. The zero-order chi connectivity index (χ0) is 38.2. The van der Waals surface area contributed by atoms with E-state index in [2.05, 4.69) is 216 Å². The van der Waals surface area contributed by atoms with E-state index in [1.54, 1.807) is 0 Å². The average Bonchev–Trinajstić information content (AvgIpc) is 3.96. The molecule has 0 aliphatic carbocycles. The lowest BCUT2D eigenvalue weighted by atomic mass is 10.0. The molecule has 9 aromatic carbocycles. The molecule has 0 atom stereocenters. The van der Waals surface area contributed by atoms with Crippen molar-refractivity contribution in [1.82, 2.24) is 4.57 Å². The molecule has 0 saturated carbocycles. The van der Waals surface area contributed by atoms with Crippen molar-refractivity contribution < 1.29 is 0 Å². The van der Waals surface area contributed by atoms with Gasteiger partial charge in [-0.15, -0.1) is 22.7 Å². The minimum Gasteiger partial charge on any atom is -0.310 e. The fraction of sp³-hybridized carbons (Fsp3) is 0. The Morgan fingerprint density at radius 2 is 0.897 bits per heavy atom. The van der Waals surface area contributed by atoms with Crippen molar-refractivity contribution >= 4 is 102 Å².